The number of primary amides is 1. The van der Waals surface area contributed by atoms with E-state index in [1.165, 1.54) is 0 Å². The minimum Gasteiger partial charge on any atom is -0.352 e. The molecule has 9 amide bonds. The lowest BCUT2D eigenvalue weighted by molar-refractivity contribution is -0.137. The molecule has 2 aromatic rings. The van der Waals surface area contributed by atoms with Crippen molar-refractivity contribution in [3.63, 3.8) is 0 Å². The van der Waals surface area contributed by atoms with Crippen molar-refractivity contribution in [3.05, 3.63) is 77.4 Å². The third kappa shape index (κ3) is 21.4. The van der Waals surface area contributed by atoms with Gasteiger partial charge in [-0.1, -0.05) is 118 Å². The van der Waals surface area contributed by atoms with Crippen LogP contribution in [0.3, 0.4) is 0 Å². The summed E-state index contributed by atoms with van der Waals surface area (Å²) in [5.74, 6) is -3.69. The van der Waals surface area contributed by atoms with Crippen molar-refractivity contribution >= 4 is 58.9 Å². The number of carbonyl (C=O) groups is 9. The molecule has 426 valence electrons. The van der Waals surface area contributed by atoms with E-state index in [1.807, 2.05) is 105 Å². The molecular weight excluding hydrogens is 985 g/mol. The van der Waals surface area contributed by atoms with Gasteiger partial charge in [-0.3, -0.25) is 48.1 Å². The number of hydroxylamine groups is 1. The Hall–Kier alpha value is -6.67. The predicted octanol–water partition coefficient (Wildman–Crippen LogP) is 4.84. The number of likely N-dealkylation sites (tertiary alicyclic amines) is 1. The maximum Gasteiger partial charge on any atom is 0.312 e. The number of urea groups is 1. The SMILES string of the molecule is CC(=CC(NC(=O)C(NC(=O)C(C(C)c1ccccc1)N(C)C)C(C)(C)C)C(C)C)C(=O)NOCc1ccc(NC(=O)C(CCCNC(N)=O)NC(=O)C(NC(=O)CCC(=O)N2CCC(C(=O)C(C)C)CC2)C(C)C)cc1. The molecule has 6 unspecified atom stereocenters. The number of hydrogen-bond acceptors (Lipinski definition) is 11. The van der Waals surface area contributed by atoms with Gasteiger partial charge in [0, 0.05) is 61.5 Å². The number of Topliss-reactive ketones (excluding diaryl/α,β-unsaturated/α-hetero) is 1. The number of rotatable bonds is 28. The van der Waals surface area contributed by atoms with E-state index in [9.17, 15) is 43.2 Å². The first-order chi connectivity index (χ1) is 36.1. The molecule has 0 aliphatic carbocycles. The van der Waals surface area contributed by atoms with Crippen LogP contribution >= 0.6 is 0 Å². The molecule has 20 heteroatoms. The number of nitrogens with one attached hydrogen (secondary N) is 7. The lowest BCUT2D eigenvalue weighted by atomic mass is 9.84. The summed E-state index contributed by atoms with van der Waals surface area (Å²) in [7, 11) is 3.67. The van der Waals surface area contributed by atoms with Crippen LogP contribution in [-0.2, 0) is 49.8 Å². The first-order valence-electron chi connectivity index (χ1n) is 26.9. The summed E-state index contributed by atoms with van der Waals surface area (Å²) >= 11 is 0. The van der Waals surface area contributed by atoms with Gasteiger partial charge in [0.25, 0.3) is 5.91 Å². The first-order valence-corrected chi connectivity index (χ1v) is 26.9. The number of benzene rings is 2. The summed E-state index contributed by atoms with van der Waals surface area (Å²) in [6.07, 6.45) is 3.00. The number of nitrogens with two attached hydrogens (primary N) is 1. The molecule has 0 saturated carbocycles. The van der Waals surface area contributed by atoms with Gasteiger partial charge in [0.2, 0.25) is 35.4 Å². The van der Waals surface area contributed by atoms with Crippen molar-refractivity contribution in [2.45, 2.75) is 157 Å². The van der Waals surface area contributed by atoms with Gasteiger partial charge in [0.15, 0.2) is 0 Å². The van der Waals surface area contributed by atoms with Crippen LogP contribution in [0.25, 0.3) is 0 Å². The van der Waals surface area contributed by atoms with Gasteiger partial charge in [0.05, 0.1) is 18.7 Å². The summed E-state index contributed by atoms with van der Waals surface area (Å²) in [5.41, 5.74) is 9.33. The number of ketones is 1. The quantitative estimate of drug-likeness (QED) is 0.0324. The fourth-order valence-electron chi connectivity index (χ4n) is 9.02. The van der Waals surface area contributed by atoms with Crippen LogP contribution in [0, 0.1) is 29.1 Å². The molecule has 77 heavy (non-hydrogen) atoms. The molecule has 1 fully saturated rings. The normalized spacial score (nSPS) is 15.6. The highest BCUT2D eigenvalue weighted by Crippen LogP contribution is 2.26. The van der Waals surface area contributed by atoms with E-state index in [-0.39, 0.29) is 97.5 Å². The highest BCUT2D eigenvalue weighted by atomic mass is 16.6. The maximum absolute atomic E-state index is 14.0. The Labute approximate surface area is 455 Å². The Bertz CT molecular complexity index is 2340. The molecule has 1 saturated heterocycles. The zero-order valence-electron chi connectivity index (χ0n) is 47.7. The molecule has 9 N–H and O–H groups in total. The standard InChI is InChI=1S/C57H88N10O10/c1-34(2)44(62-55(75)50(57(9,10)11)64-54(74)48(66(12)13)38(8)40-18-15-14-16-19-40)32-37(7)51(71)65-77-33-39-21-23-42(24-22-39)60-52(72)43(20-17-29-59-56(58)76)61-53(73)47(35(3)4)63-45(68)25-26-46(69)67-30-27-41(28-31-67)49(70)36(5)6/h14-16,18-19,21-24,32,34-36,38,41,43-44,47-48,50H,17,20,25-31,33H2,1-13H3,(H,60,72)(H,61,73)(H,62,75)(H,63,68)(H,64,74)(H,65,71)(H3,58,59,76). The number of nitrogens with zero attached hydrogens (tertiary/aromatic N) is 2. The van der Waals surface area contributed by atoms with Crippen LogP contribution in [0.4, 0.5) is 10.5 Å². The van der Waals surface area contributed by atoms with Crippen LogP contribution < -0.4 is 43.1 Å². The van der Waals surface area contributed by atoms with Crippen molar-refractivity contribution in [1.29, 1.82) is 0 Å². The van der Waals surface area contributed by atoms with E-state index in [0.29, 0.717) is 37.2 Å². The molecule has 20 nitrogen and oxygen atoms in total. The van der Waals surface area contributed by atoms with Crippen LogP contribution in [0.5, 0.6) is 0 Å². The Kier molecular flexibility index (Phi) is 25.9. The molecule has 0 spiro atoms. The third-order valence-electron chi connectivity index (χ3n) is 13.7. The molecule has 1 aliphatic heterocycles. The molecule has 0 bridgehead atoms. The molecule has 2 aromatic carbocycles. The Morgan fingerprint density at radius 1 is 0.766 bits per heavy atom. The second kappa shape index (κ2) is 30.9. The third-order valence-corrected chi connectivity index (χ3v) is 13.7. The van der Waals surface area contributed by atoms with E-state index >= 15 is 0 Å². The summed E-state index contributed by atoms with van der Waals surface area (Å²) in [6, 6.07) is 11.5. The molecule has 1 aliphatic rings. The van der Waals surface area contributed by atoms with Crippen molar-refractivity contribution < 1.29 is 48.0 Å². The molecule has 0 aromatic heterocycles. The van der Waals surface area contributed by atoms with E-state index in [0.717, 1.165) is 5.56 Å². The highest BCUT2D eigenvalue weighted by Gasteiger charge is 2.38. The zero-order chi connectivity index (χ0) is 57.7. The van der Waals surface area contributed by atoms with E-state index in [2.05, 4.69) is 37.4 Å². The average Bonchev–Trinajstić information content (AvgIpc) is 3.36. The summed E-state index contributed by atoms with van der Waals surface area (Å²) in [5, 5.41) is 16.8. The highest BCUT2D eigenvalue weighted by molar-refractivity contribution is 5.99. The largest absolute Gasteiger partial charge is 0.352 e. The fourth-order valence-corrected chi connectivity index (χ4v) is 9.02. The van der Waals surface area contributed by atoms with Gasteiger partial charge in [-0.2, -0.15) is 0 Å². The minimum atomic E-state index is -1.09. The van der Waals surface area contributed by atoms with E-state index in [1.54, 1.807) is 56.0 Å². The van der Waals surface area contributed by atoms with Crippen molar-refractivity contribution in [2.24, 2.45) is 34.8 Å². The number of anilines is 1. The van der Waals surface area contributed by atoms with Crippen molar-refractivity contribution in [3.8, 4) is 0 Å². The van der Waals surface area contributed by atoms with Gasteiger partial charge in [-0.05, 0) is 87.2 Å². The Morgan fingerprint density at radius 2 is 1.39 bits per heavy atom. The summed E-state index contributed by atoms with van der Waals surface area (Å²) in [4.78, 5) is 127. The number of likely N-dealkylation sites (N-methyl/N-ethyl adjacent to an activating group) is 1. The Morgan fingerprint density at radius 3 is 1.94 bits per heavy atom. The van der Waals surface area contributed by atoms with Gasteiger partial charge in [0.1, 0.15) is 23.9 Å². The minimum absolute atomic E-state index is 0.0390. The molecule has 6 atom stereocenters. The van der Waals surface area contributed by atoms with Gasteiger partial charge in [-0.25, -0.2) is 10.3 Å². The van der Waals surface area contributed by atoms with E-state index in [4.69, 9.17) is 10.6 Å². The first kappa shape index (κ1) is 64.6. The monoisotopic (exact) mass is 1070 g/mol. The zero-order valence-corrected chi connectivity index (χ0v) is 47.7. The number of piperidine rings is 1. The lowest BCUT2D eigenvalue weighted by Crippen LogP contribution is -2.59. The molecule has 3 rings (SSSR count). The van der Waals surface area contributed by atoms with Crippen LogP contribution in [-0.4, -0.2) is 127 Å². The number of amides is 9. The van der Waals surface area contributed by atoms with Gasteiger partial charge in [-0.15, -0.1) is 0 Å². The second-order valence-electron chi connectivity index (χ2n) is 22.4. The van der Waals surface area contributed by atoms with Gasteiger partial charge < -0.3 is 42.5 Å². The second-order valence-corrected chi connectivity index (χ2v) is 22.4. The number of carbonyl (C=O) groups excluding carboxylic acids is 9. The molecular formula is C57H88N10O10. The van der Waals surface area contributed by atoms with Crippen LogP contribution in [0.1, 0.15) is 132 Å². The smallest absolute Gasteiger partial charge is 0.312 e. The Balaban J connectivity index is 1.59. The van der Waals surface area contributed by atoms with Gasteiger partial charge >= 0.3 is 6.03 Å². The summed E-state index contributed by atoms with van der Waals surface area (Å²) < 4.78 is 0. The van der Waals surface area contributed by atoms with Crippen molar-refractivity contribution in [2.75, 3.05) is 39.0 Å². The summed E-state index contributed by atoms with van der Waals surface area (Å²) in [6.45, 7) is 21.3. The predicted molar refractivity (Wildman–Crippen MR) is 296 cm³/mol. The number of hydrogen-bond donors (Lipinski definition) is 8. The topological polar surface area (TPSA) is 280 Å². The fraction of sp³-hybridized carbons (Fsp3) is 0.596. The van der Waals surface area contributed by atoms with Crippen LogP contribution in [0.2, 0.25) is 0 Å². The molecule has 1 heterocycles. The van der Waals surface area contributed by atoms with Crippen LogP contribution in [0.15, 0.2) is 66.2 Å². The van der Waals surface area contributed by atoms with E-state index < -0.39 is 65.3 Å². The maximum atomic E-state index is 14.0. The molecule has 0 radical (unpaired) electrons. The average molecular weight is 1070 g/mol. The lowest BCUT2D eigenvalue weighted by Gasteiger charge is -2.36. The van der Waals surface area contributed by atoms with Crippen molar-refractivity contribution in [1.82, 2.24) is 41.9 Å².